The van der Waals surface area contributed by atoms with Crippen molar-refractivity contribution in [3.8, 4) is 22.6 Å². The van der Waals surface area contributed by atoms with E-state index >= 15 is 0 Å². The molecule has 0 aliphatic rings. The number of aromatic nitrogens is 2. The molecule has 0 aliphatic heterocycles. The number of nitrogens with one attached hydrogen (secondary N) is 2. The Morgan fingerprint density at radius 1 is 1.10 bits per heavy atom. The van der Waals surface area contributed by atoms with Gasteiger partial charge in [0.25, 0.3) is 5.56 Å². The fourth-order valence-electron chi connectivity index (χ4n) is 3.26. The second-order valence-corrected chi connectivity index (χ2v) is 9.00. The minimum absolute atomic E-state index is 0.180. The number of halogens is 1. The Kier molecular flexibility index (Phi) is 5.05. The van der Waals surface area contributed by atoms with Gasteiger partial charge < -0.3 is 14.3 Å². The maximum absolute atomic E-state index is 12.5. The first-order valence-electron chi connectivity index (χ1n) is 8.94. The summed E-state index contributed by atoms with van der Waals surface area (Å²) in [4.78, 5) is 15.4. The molecule has 4 rings (SSSR count). The van der Waals surface area contributed by atoms with Crippen molar-refractivity contribution in [2.24, 2.45) is 7.05 Å². The highest BCUT2D eigenvalue weighted by molar-refractivity contribution is 7.92. The van der Waals surface area contributed by atoms with Crippen LogP contribution in [0.5, 0.6) is 11.5 Å². The summed E-state index contributed by atoms with van der Waals surface area (Å²) in [5.74, 6) is 0.919. The van der Waals surface area contributed by atoms with E-state index in [9.17, 15) is 13.2 Å². The Bertz CT molecular complexity index is 1410. The van der Waals surface area contributed by atoms with Crippen molar-refractivity contribution in [2.45, 2.75) is 0 Å². The van der Waals surface area contributed by atoms with Crippen LogP contribution in [0.2, 0.25) is 5.02 Å². The molecule has 2 aromatic carbocycles. The highest BCUT2D eigenvalue weighted by Crippen LogP contribution is 2.43. The second-order valence-electron chi connectivity index (χ2n) is 6.85. The van der Waals surface area contributed by atoms with E-state index in [1.165, 1.54) is 10.6 Å². The van der Waals surface area contributed by atoms with Gasteiger partial charge in [0, 0.05) is 36.0 Å². The molecule has 0 bridgehead atoms. The number of anilines is 1. The lowest BCUT2D eigenvalue weighted by molar-refractivity contribution is 0.485. The molecule has 0 fully saturated rings. The molecule has 0 unspecified atom stereocenters. The van der Waals surface area contributed by atoms with Gasteiger partial charge in [-0.2, -0.15) is 0 Å². The van der Waals surface area contributed by atoms with E-state index in [0.29, 0.717) is 33.5 Å². The molecule has 2 N–H and O–H groups in total. The third kappa shape index (κ3) is 3.92. The molecule has 0 amide bonds. The maximum atomic E-state index is 12.5. The van der Waals surface area contributed by atoms with Crippen LogP contribution >= 0.6 is 11.6 Å². The number of nitrogens with zero attached hydrogens (tertiary/aromatic N) is 1. The first-order valence-corrected chi connectivity index (χ1v) is 11.2. The summed E-state index contributed by atoms with van der Waals surface area (Å²) in [5.41, 5.74) is 1.74. The van der Waals surface area contributed by atoms with Crippen LogP contribution in [0, 0.1) is 0 Å². The number of fused-ring (bicyclic) bond motifs is 1. The predicted molar refractivity (Wildman–Crippen MR) is 119 cm³/mol. The van der Waals surface area contributed by atoms with Crippen molar-refractivity contribution in [3.63, 3.8) is 0 Å². The van der Waals surface area contributed by atoms with Gasteiger partial charge in [-0.15, -0.1) is 0 Å². The van der Waals surface area contributed by atoms with Crippen LogP contribution in [0.25, 0.3) is 22.0 Å². The van der Waals surface area contributed by atoms with Gasteiger partial charge in [-0.1, -0.05) is 29.8 Å². The standard InChI is InChI=1S/C21H18ClN3O4S/c1-25-12-17(15-8-9-23-19(15)21(25)26)16-10-13(24-30(2,27)28)11-18(22)20(16)29-14-6-4-3-5-7-14/h3-12,23-24H,1-2H3. The van der Waals surface area contributed by atoms with E-state index in [0.717, 1.165) is 6.26 Å². The van der Waals surface area contributed by atoms with E-state index < -0.39 is 10.0 Å². The molecular weight excluding hydrogens is 426 g/mol. The van der Waals surface area contributed by atoms with Crippen LogP contribution in [-0.4, -0.2) is 24.2 Å². The minimum atomic E-state index is -3.52. The van der Waals surface area contributed by atoms with Crippen molar-refractivity contribution in [1.82, 2.24) is 9.55 Å². The lowest BCUT2D eigenvalue weighted by Crippen LogP contribution is -2.16. The lowest BCUT2D eigenvalue weighted by Gasteiger charge is -2.17. The van der Waals surface area contributed by atoms with E-state index in [-0.39, 0.29) is 16.3 Å². The van der Waals surface area contributed by atoms with Gasteiger partial charge in [-0.05, 0) is 30.3 Å². The fraction of sp³-hybridized carbons (Fsp3) is 0.0952. The fourth-order valence-corrected chi connectivity index (χ4v) is 4.06. The number of aromatic amines is 1. The zero-order valence-electron chi connectivity index (χ0n) is 16.1. The van der Waals surface area contributed by atoms with Crippen LogP contribution in [0.1, 0.15) is 0 Å². The summed E-state index contributed by atoms with van der Waals surface area (Å²) in [7, 11) is -1.88. The number of hydrogen-bond donors (Lipinski definition) is 2. The van der Waals surface area contributed by atoms with Gasteiger partial charge in [-0.3, -0.25) is 9.52 Å². The summed E-state index contributed by atoms with van der Waals surface area (Å²) < 4.78 is 33.5. The minimum Gasteiger partial charge on any atom is -0.455 e. The highest BCUT2D eigenvalue weighted by atomic mass is 35.5. The van der Waals surface area contributed by atoms with Gasteiger partial charge in [0.1, 0.15) is 11.3 Å². The van der Waals surface area contributed by atoms with Gasteiger partial charge >= 0.3 is 0 Å². The Hall–Kier alpha value is -3.23. The molecule has 0 saturated heterocycles. The molecule has 9 heteroatoms. The zero-order valence-corrected chi connectivity index (χ0v) is 17.7. The molecule has 0 spiro atoms. The summed E-state index contributed by atoms with van der Waals surface area (Å²) in [5, 5.41) is 0.892. The van der Waals surface area contributed by atoms with Crippen molar-refractivity contribution >= 4 is 38.2 Å². The molecule has 2 aromatic heterocycles. The molecule has 30 heavy (non-hydrogen) atoms. The monoisotopic (exact) mass is 443 g/mol. The van der Waals surface area contributed by atoms with Crippen molar-refractivity contribution in [1.29, 1.82) is 0 Å². The molecular formula is C21H18ClN3O4S. The van der Waals surface area contributed by atoms with Crippen LogP contribution < -0.4 is 15.0 Å². The maximum Gasteiger partial charge on any atom is 0.274 e. The lowest BCUT2D eigenvalue weighted by atomic mass is 10.0. The van der Waals surface area contributed by atoms with E-state index in [4.69, 9.17) is 16.3 Å². The molecule has 0 aliphatic carbocycles. The number of sulfonamides is 1. The Morgan fingerprint density at radius 2 is 1.83 bits per heavy atom. The number of H-pyrrole nitrogens is 1. The van der Waals surface area contributed by atoms with E-state index in [1.807, 2.05) is 18.2 Å². The largest absolute Gasteiger partial charge is 0.455 e. The first kappa shape index (κ1) is 20.1. The second kappa shape index (κ2) is 7.55. The number of ether oxygens (including phenoxy) is 1. The summed E-state index contributed by atoms with van der Waals surface area (Å²) in [6.07, 6.45) is 4.41. The van der Waals surface area contributed by atoms with Crippen molar-refractivity contribution in [2.75, 3.05) is 11.0 Å². The first-order chi connectivity index (χ1) is 14.2. The Labute approximate surface area is 177 Å². The average molecular weight is 444 g/mol. The normalized spacial score (nSPS) is 11.6. The summed E-state index contributed by atoms with van der Waals surface area (Å²) in [6.45, 7) is 0. The van der Waals surface area contributed by atoms with Crippen LogP contribution in [-0.2, 0) is 17.1 Å². The smallest absolute Gasteiger partial charge is 0.274 e. The SMILES string of the molecule is Cn1cc(-c2cc(NS(C)(=O)=O)cc(Cl)c2Oc2ccccc2)c2cc[nH]c2c1=O. The van der Waals surface area contributed by atoms with Crippen molar-refractivity contribution in [3.05, 3.63) is 76.3 Å². The topological polar surface area (TPSA) is 93.2 Å². The molecule has 4 aromatic rings. The number of hydrogen-bond acceptors (Lipinski definition) is 4. The van der Waals surface area contributed by atoms with E-state index in [1.54, 1.807) is 43.7 Å². The number of para-hydroxylation sites is 1. The summed E-state index contributed by atoms with van der Waals surface area (Å²) >= 11 is 6.52. The molecule has 0 saturated carbocycles. The highest BCUT2D eigenvalue weighted by Gasteiger charge is 2.19. The number of aryl methyl sites for hydroxylation is 1. The molecule has 7 nitrogen and oxygen atoms in total. The zero-order chi connectivity index (χ0) is 21.5. The van der Waals surface area contributed by atoms with Gasteiger partial charge in [-0.25, -0.2) is 8.42 Å². The summed E-state index contributed by atoms with van der Waals surface area (Å²) in [6, 6.07) is 14.0. The Balaban J connectivity index is 2.00. The van der Waals surface area contributed by atoms with Crippen LogP contribution in [0.15, 0.2) is 65.7 Å². The Morgan fingerprint density at radius 3 is 2.53 bits per heavy atom. The average Bonchev–Trinajstić information content (AvgIpc) is 3.16. The number of rotatable bonds is 5. The third-order valence-electron chi connectivity index (χ3n) is 4.49. The molecule has 0 atom stereocenters. The molecule has 154 valence electrons. The van der Waals surface area contributed by atoms with Crippen LogP contribution in [0.3, 0.4) is 0 Å². The van der Waals surface area contributed by atoms with Gasteiger partial charge in [0.05, 0.1) is 17.0 Å². The third-order valence-corrected chi connectivity index (χ3v) is 5.38. The van der Waals surface area contributed by atoms with Gasteiger partial charge in [0.2, 0.25) is 10.0 Å². The number of pyridine rings is 1. The number of benzene rings is 2. The van der Waals surface area contributed by atoms with Gasteiger partial charge in [0.15, 0.2) is 5.75 Å². The molecule has 2 heterocycles. The van der Waals surface area contributed by atoms with E-state index in [2.05, 4.69) is 9.71 Å². The molecule has 0 radical (unpaired) electrons. The quantitative estimate of drug-likeness (QED) is 0.479. The predicted octanol–water partition coefficient (Wildman–Crippen LogP) is 4.35. The van der Waals surface area contributed by atoms with Crippen LogP contribution in [0.4, 0.5) is 5.69 Å². The van der Waals surface area contributed by atoms with Crippen molar-refractivity contribution < 1.29 is 13.2 Å².